The summed E-state index contributed by atoms with van der Waals surface area (Å²) in [6, 6.07) is 0.992. The summed E-state index contributed by atoms with van der Waals surface area (Å²) < 4.78 is 7.30. The molecule has 1 fully saturated rings. The highest BCUT2D eigenvalue weighted by atomic mass is 32.2. The number of nitrogens with one attached hydrogen (secondary N) is 2. The van der Waals surface area contributed by atoms with Gasteiger partial charge >= 0.3 is 0 Å². The van der Waals surface area contributed by atoms with E-state index in [2.05, 4.69) is 43.7 Å². The maximum Gasteiger partial charge on any atom is 0.237 e. The number of aromatic nitrogens is 4. The molecular weight excluding hydrogens is 540 g/mol. The zero-order chi connectivity index (χ0) is 29.2. The Morgan fingerprint density at radius 3 is 2.95 bits per heavy atom. The topological polar surface area (TPSA) is 126 Å². The van der Waals surface area contributed by atoms with Gasteiger partial charge < -0.3 is 15.4 Å². The van der Waals surface area contributed by atoms with Crippen LogP contribution in [0, 0.1) is 12.8 Å². The minimum Gasteiger partial charge on any atom is -0.381 e. The molecule has 0 radical (unpaired) electrons. The maximum absolute atomic E-state index is 13.9. The molecule has 0 spiro atoms. The van der Waals surface area contributed by atoms with Crippen LogP contribution < -0.4 is 10.6 Å². The van der Waals surface area contributed by atoms with Crippen LogP contribution in [0.2, 0.25) is 0 Å². The molecule has 2 aliphatic heterocycles. The van der Waals surface area contributed by atoms with E-state index in [-0.39, 0.29) is 30.2 Å². The third kappa shape index (κ3) is 8.56. The molecule has 0 aliphatic carbocycles. The number of ketones is 1. The number of fused-ring (bicyclic) bond motifs is 1. The van der Waals surface area contributed by atoms with E-state index in [4.69, 9.17) is 9.73 Å². The molecule has 12 heteroatoms. The van der Waals surface area contributed by atoms with Gasteiger partial charge in [0.2, 0.25) is 5.91 Å². The fraction of sp³-hybridized carbons (Fsp3) is 0.621. The Labute approximate surface area is 246 Å². The largest absolute Gasteiger partial charge is 0.381 e. The van der Waals surface area contributed by atoms with Crippen molar-refractivity contribution in [2.75, 3.05) is 39.9 Å². The molecular formula is C29H42N8O3S. The number of hydrogen-bond donors (Lipinski definition) is 2. The summed E-state index contributed by atoms with van der Waals surface area (Å²) in [5, 5.41) is 20.7. The summed E-state index contributed by atoms with van der Waals surface area (Å²) in [5.74, 6) is -0.0619. The van der Waals surface area contributed by atoms with Gasteiger partial charge in [-0.3, -0.25) is 14.5 Å². The van der Waals surface area contributed by atoms with Crippen molar-refractivity contribution in [3.8, 4) is 0 Å². The molecule has 4 rings (SSSR count). The number of amides is 1. The van der Waals surface area contributed by atoms with Crippen molar-refractivity contribution in [3.63, 3.8) is 0 Å². The lowest BCUT2D eigenvalue weighted by Gasteiger charge is -2.30. The minimum absolute atomic E-state index is 0.0402. The molecule has 2 N–H and O–H groups in total. The lowest BCUT2D eigenvalue weighted by atomic mass is 9.88. The molecule has 1 amide bonds. The van der Waals surface area contributed by atoms with Gasteiger partial charge in [-0.2, -0.15) is 0 Å². The lowest BCUT2D eigenvalue weighted by Crippen LogP contribution is -2.53. The van der Waals surface area contributed by atoms with Crippen molar-refractivity contribution in [1.82, 2.24) is 35.6 Å². The predicted molar refractivity (Wildman–Crippen MR) is 162 cm³/mol. The van der Waals surface area contributed by atoms with E-state index in [0.717, 1.165) is 66.9 Å². The number of tetrazole rings is 1. The Balaban J connectivity index is 1.52. The van der Waals surface area contributed by atoms with Crippen LogP contribution in [-0.4, -0.2) is 93.7 Å². The van der Waals surface area contributed by atoms with Crippen LogP contribution in [0.15, 0.2) is 28.4 Å². The van der Waals surface area contributed by atoms with Crippen LogP contribution in [0.25, 0.3) is 11.3 Å². The molecule has 2 unspecified atom stereocenters. The highest BCUT2D eigenvalue weighted by Gasteiger charge is 2.32. The van der Waals surface area contributed by atoms with Crippen LogP contribution in [0.4, 0.5) is 0 Å². The lowest BCUT2D eigenvalue weighted by molar-refractivity contribution is -0.130. The van der Waals surface area contributed by atoms with Crippen molar-refractivity contribution in [1.29, 1.82) is 0 Å². The van der Waals surface area contributed by atoms with E-state index in [1.807, 2.05) is 24.6 Å². The molecule has 41 heavy (non-hydrogen) atoms. The molecule has 2 aliphatic rings. The van der Waals surface area contributed by atoms with Crippen LogP contribution in [0.5, 0.6) is 0 Å². The van der Waals surface area contributed by atoms with E-state index >= 15 is 0 Å². The number of ether oxygens (including phenoxy) is 1. The van der Waals surface area contributed by atoms with E-state index in [1.165, 1.54) is 11.8 Å². The molecule has 3 atom stereocenters. The smallest absolute Gasteiger partial charge is 0.237 e. The van der Waals surface area contributed by atoms with Crippen molar-refractivity contribution in [3.05, 3.63) is 34.5 Å². The summed E-state index contributed by atoms with van der Waals surface area (Å²) in [7, 11) is 1.75. The molecule has 2 aromatic heterocycles. The van der Waals surface area contributed by atoms with Crippen LogP contribution in [-0.2, 0) is 14.3 Å². The van der Waals surface area contributed by atoms with Gasteiger partial charge in [-0.1, -0.05) is 37.3 Å². The van der Waals surface area contributed by atoms with Crippen molar-refractivity contribution in [2.45, 2.75) is 71.4 Å². The summed E-state index contributed by atoms with van der Waals surface area (Å²) >= 11 is 1.52. The summed E-state index contributed by atoms with van der Waals surface area (Å²) in [6.07, 6.45) is 7.54. The highest BCUT2D eigenvalue weighted by molar-refractivity contribution is 8.16. The zero-order valence-corrected chi connectivity index (χ0v) is 25.4. The van der Waals surface area contributed by atoms with E-state index in [0.29, 0.717) is 25.4 Å². The summed E-state index contributed by atoms with van der Waals surface area (Å²) in [4.78, 5) is 33.9. The Morgan fingerprint density at radius 2 is 2.15 bits per heavy atom. The SMILES string of the molecule is CCCCCN(CC(=O)C(NC(=O)[C@H](C)NC)C1CCCOCC1)CC1=NC(c2cc3nnnn3cc2C)=C=CS1. The van der Waals surface area contributed by atoms with Crippen molar-refractivity contribution >= 4 is 39.8 Å². The Morgan fingerprint density at radius 1 is 1.29 bits per heavy atom. The number of carbonyl (C=O) groups is 2. The van der Waals surface area contributed by atoms with Crippen LogP contribution in [0.3, 0.4) is 0 Å². The third-order valence-corrected chi connectivity index (χ3v) is 8.40. The molecule has 1 saturated heterocycles. The first-order valence-electron chi connectivity index (χ1n) is 14.6. The van der Waals surface area contributed by atoms with Gasteiger partial charge in [0.05, 0.1) is 23.7 Å². The number of Topliss-reactive ketones (excluding diaryl/α,β-unsaturated/α-hetero) is 1. The molecule has 2 aromatic rings. The second kappa shape index (κ2) is 15.4. The number of rotatable bonds is 14. The summed E-state index contributed by atoms with van der Waals surface area (Å²) in [6.45, 7) is 8.85. The number of hydrogen-bond acceptors (Lipinski definition) is 10. The second-order valence-corrected chi connectivity index (χ2v) is 11.7. The minimum atomic E-state index is -0.545. The number of carbonyl (C=O) groups excluding carboxylic acids is 2. The van der Waals surface area contributed by atoms with Gasteiger partial charge in [-0.25, -0.2) is 9.51 Å². The number of pyridine rings is 1. The average Bonchev–Trinajstić information content (AvgIpc) is 3.25. The van der Waals surface area contributed by atoms with Crippen LogP contribution >= 0.6 is 11.8 Å². The molecule has 222 valence electrons. The van der Waals surface area contributed by atoms with Crippen molar-refractivity contribution in [2.24, 2.45) is 10.9 Å². The standard InChI is InChI=1S/C29H42N8O3S/c1-5-6-7-12-36(18-25(38)28(32-29(39)21(3)30-4)22-9-8-13-40-14-10-22)19-27-31-24(11-15-41-27)23-16-26-33-34-35-37(26)17-20(23)2/h15-17,21-22,28,30H,5-10,12-14,18-19H2,1-4H3,(H,32,39)/t21-,22?,28?/m0/s1. The Hall–Kier alpha value is -2.89. The molecule has 0 saturated carbocycles. The van der Waals surface area contributed by atoms with Gasteiger partial charge in [-0.05, 0) is 81.1 Å². The first kappa shape index (κ1) is 31.1. The van der Waals surface area contributed by atoms with E-state index < -0.39 is 6.04 Å². The number of aliphatic imine (C=N–C) groups is 1. The van der Waals surface area contributed by atoms with Gasteiger partial charge in [0, 0.05) is 36.9 Å². The van der Waals surface area contributed by atoms with Crippen LogP contribution in [0.1, 0.15) is 63.5 Å². The number of nitrogens with zero attached hydrogens (tertiary/aromatic N) is 6. The number of thioether (sulfide) groups is 1. The Kier molecular flexibility index (Phi) is 11.6. The second-order valence-electron chi connectivity index (χ2n) is 10.8. The maximum atomic E-state index is 13.9. The fourth-order valence-corrected chi connectivity index (χ4v) is 5.84. The first-order chi connectivity index (χ1) is 19.9. The van der Waals surface area contributed by atoms with E-state index in [1.54, 1.807) is 18.5 Å². The quantitative estimate of drug-likeness (QED) is 0.255. The Bertz CT molecular complexity index is 1290. The average molecular weight is 583 g/mol. The highest BCUT2D eigenvalue weighted by Crippen LogP contribution is 2.26. The van der Waals surface area contributed by atoms with Gasteiger partial charge in [0.25, 0.3) is 0 Å². The van der Waals surface area contributed by atoms with E-state index in [9.17, 15) is 9.59 Å². The summed E-state index contributed by atoms with van der Waals surface area (Å²) in [5.41, 5.74) is 6.56. The first-order valence-corrected chi connectivity index (χ1v) is 15.5. The molecule has 0 bridgehead atoms. The third-order valence-electron chi connectivity index (χ3n) is 7.67. The number of likely N-dealkylation sites (N-methyl/N-ethyl adjacent to an activating group) is 1. The number of unbranched alkanes of at least 4 members (excludes halogenated alkanes) is 2. The molecule has 11 nitrogen and oxygen atoms in total. The molecule has 0 aromatic carbocycles. The van der Waals surface area contributed by atoms with Gasteiger partial charge in [0.15, 0.2) is 11.4 Å². The van der Waals surface area contributed by atoms with Crippen molar-refractivity contribution < 1.29 is 14.3 Å². The van der Waals surface area contributed by atoms with Gasteiger partial charge in [0.1, 0.15) is 5.70 Å². The zero-order valence-electron chi connectivity index (χ0n) is 24.6. The van der Waals surface area contributed by atoms with Gasteiger partial charge in [-0.15, -0.1) is 5.10 Å². The molecule has 4 heterocycles. The number of aryl methyl sites for hydroxylation is 1. The predicted octanol–water partition coefficient (Wildman–Crippen LogP) is 3.00. The normalized spacial score (nSPS) is 19.0. The monoisotopic (exact) mass is 582 g/mol. The fourth-order valence-electron chi connectivity index (χ4n) is 5.13.